The Balaban J connectivity index is 0.00000241. The van der Waals surface area contributed by atoms with E-state index in [0.29, 0.717) is 24.6 Å². The molecule has 0 amide bonds. The fourth-order valence-electron chi connectivity index (χ4n) is 3.87. The first-order valence-corrected chi connectivity index (χ1v) is 11.3. The highest BCUT2D eigenvalue weighted by molar-refractivity contribution is 5.91. The van der Waals surface area contributed by atoms with Crippen LogP contribution in [0.25, 0.3) is 23.1 Å². The predicted octanol–water partition coefficient (Wildman–Crippen LogP) is 5.46. The first-order chi connectivity index (χ1) is 17.0. The van der Waals surface area contributed by atoms with Gasteiger partial charge in [-0.15, -0.1) is 37.2 Å². The number of nitrogens with one attached hydrogen (secondary N) is 1. The predicted molar refractivity (Wildman–Crippen MR) is 164 cm³/mol. The Bertz CT molecular complexity index is 1350. The van der Waals surface area contributed by atoms with Gasteiger partial charge in [0.1, 0.15) is 11.6 Å². The maximum Gasteiger partial charge on any atom is 0.186 e. The fraction of sp³-hybridized carbons (Fsp3) is 0.185. The van der Waals surface area contributed by atoms with E-state index >= 15 is 0 Å². The first kappa shape index (κ1) is 32.4. The molecule has 1 unspecified atom stereocenters. The van der Waals surface area contributed by atoms with Crippen LogP contribution in [0.4, 0.5) is 5.82 Å². The maximum atomic E-state index is 5.77. The molecule has 0 aliphatic carbocycles. The Hall–Kier alpha value is -3.59. The van der Waals surface area contributed by atoms with Crippen molar-refractivity contribution in [1.82, 2.24) is 15.0 Å². The second-order valence-electron chi connectivity index (χ2n) is 8.25. The third-order valence-corrected chi connectivity index (χ3v) is 5.69. The number of guanidine groups is 1. The quantitative estimate of drug-likeness (QED) is 0.178. The summed E-state index contributed by atoms with van der Waals surface area (Å²) < 4.78 is 5.42. The number of methoxy groups -OCH3 is 1. The molecular formula is C27H32Cl3N7O. The van der Waals surface area contributed by atoms with Crippen molar-refractivity contribution in [3.8, 4) is 5.75 Å². The zero-order valence-corrected chi connectivity index (χ0v) is 23.5. The molecule has 0 saturated heterocycles. The number of ether oxygens (including phenoxy) is 1. The molecule has 0 fully saturated rings. The van der Waals surface area contributed by atoms with Crippen LogP contribution in [0.1, 0.15) is 30.4 Å². The average molecular weight is 577 g/mol. The smallest absolute Gasteiger partial charge is 0.186 e. The van der Waals surface area contributed by atoms with Crippen LogP contribution >= 0.6 is 37.2 Å². The number of nitrogens with zero attached hydrogens (tertiary/aromatic N) is 4. The summed E-state index contributed by atoms with van der Waals surface area (Å²) >= 11 is 0. The van der Waals surface area contributed by atoms with Crippen LogP contribution in [-0.2, 0) is 5.54 Å². The van der Waals surface area contributed by atoms with E-state index in [1.807, 2.05) is 85.8 Å². The number of anilines is 1. The van der Waals surface area contributed by atoms with Gasteiger partial charge in [-0.05, 0) is 61.4 Å². The van der Waals surface area contributed by atoms with Crippen LogP contribution in [0.15, 0.2) is 77.9 Å². The molecule has 1 atom stereocenters. The summed E-state index contributed by atoms with van der Waals surface area (Å²) in [6.07, 6.45) is 6.13. The van der Waals surface area contributed by atoms with E-state index in [9.17, 15) is 0 Å². The number of aliphatic imine (C=N–C) groups is 1. The molecule has 2 aromatic carbocycles. The third kappa shape index (κ3) is 8.21. The molecule has 0 bridgehead atoms. The van der Waals surface area contributed by atoms with E-state index in [1.165, 1.54) is 0 Å². The molecule has 5 N–H and O–H groups in total. The second-order valence-corrected chi connectivity index (χ2v) is 8.25. The van der Waals surface area contributed by atoms with E-state index in [4.69, 9.17) is 26.2 Å². The summed E-state index contributed by atoms with van der Waals surface area (Å²) in [7, 11) is 1.64. The summed E-state index contributed by atoms with van der Waals surface area (Å²) in [5, 5.41) is 4.33. The van der Waals surface area contributed by atoms with Gasteiger partial charge < -0.3 is 21.5 Å². The van der Waals surface area contributed by atoms with Crippen molar-refractivity contribution in [1.29, 1.82) is 0 Å². The number of aromatic nitrogens is 3. The lowest BCUT2D eigenvalue weighted by atomic mass is 9.89. The molecule has 0 aliphatic rings. The number of hydrogen-bond donors (Lipinski definition) is 3. The van der Waals surface area contributed by atoms with Crippen LogP contribution < -0.4 is 21.5 Å². The van der Waals surface area contributed by atoms with Gasteiger partial charge >= 0.3 is 0 Å². The number of nitrogens with two attached hydrogens (primary N) is 2. The Morgan fingerprint density at radius 1 is 0.974 bits per heavy atom. The SMILES string of the molecule is COc1ccc2nc(/C=C/c3ccccn3)nc(NCCC(C)(N=C(N)N)c3ccccc3)c2c1.Cl.Cl.Cl. The monoisotopic (exact) mass is 575 g/mol. The summed E-state index contributed by atoms with van der Waals surface area (Å²) in [5.74, 6) is 2.06. The van der Waals surface area contributed by atoms with Crippen molar-refractivity contribution in [3.05, 3.63) is 90.0 Å². The normalized spacial score (nSPS) is 11.8. The van der Waals surface area contributed by atoms with E-state index in [1.54, 1.807) is 13.3 Å². The number of benzene rings is 2. The topological polar surface area (TPSA) is 124 Å². The number of halogens is 3. The van der Waals surface area contributed by atoms with Crippen LogP contribution in [-0.4, -0.2) is 34.6 Å². The molecule has 11 heteroatoms. The summed E-state index contributed by atoms with van der Waals surface area (Å²) in [6.45, 7) is 2.60. The highest BCUT2D eigenvalue weighted by Crippen LogP contribution is 2.30. The molecule has 2 aromatic heterocycles. The molecule has 0 radical (unpaired) electrons. The van der Waals surface area contributed by atoms with Crippen LogP contribution in [0.5, 0.6) is 5.75 Å². The maximum absolute atomic E-state index is 5.77. The highest BCUT2D eigenvalue weighted by atomic mass is 35.5. The Morgan fingerprint density at radius 3 is 2.37 bits per heavy atom. The van der Waals surface area contributed by atoms with Gasteiger partial charge in [-0.2, -0.15) is 0 Å². The standard InChI is InChI=1S/C27H29N7O.3ClH/c1-27(34-26(28)29,19-8-4-3-5-9-19)15-17-31-25-22-18-21(35-2)12-13-23(22)32-24(33-25)14-11-20-10-6-7-16-30-20;;;/h3-14,16,18H,15,17H2,1-2H3,(H4,28,29,34)(H,31,32,33);3*1H/b14-11+;;;. The molecule has 0 spiro atoms. The van der Waals surface area contributed by atoms with Gasteiger partial charge in [0.25, 0.3) is 0 Å². The fourth-order valence-corrected chi connectivity index (χ4v) is 3.87. The molecular weight excluding hydrogens is 545 g/mol. The molecule has 0 saturated carbocycles. The van der Waals surface area contributed by atoms with Gasteiger partial charge in [-0.25, -0.2) is 15.0 Å². The number of fused-ring (bicyclic) bond motifs is 1. The number of rotatable bonds is 9. The molecule has 2 heterocycles. The van der Waals surface area contributed by atoms with E-state index in [0.717, 1.165) is 27.9 Å². The van der Waals surface area contributed by atoms with Crippen molar-refractivity contribution in [2.75, 3.05) is 19.0 Å². The average Bonchev–Trinajstić information content (AvgIpc) is 2.88. The summed E-state index contributed by atoms with van der Waals surface area (Å²) in [6, 6.07) is 21.5. The zero-order chi connectivity index (χ0) is 24.7. The molecule has 8 nitrogen and oxygen atoms in total. The lowest BCUT2D eigenvalue weighted by molar-refractivity contribution is 0.415. The minimum Gasteiger partial charge on any atom is -0.497 e. The van der Waals surface area contributed by atoms with Crippen molar-refractivity contribution < 1.29 is 4.74 Å². The van der Waals surface area contributed by atoms with Gasteiger partial charge in [0.05, 0.1) is 23.9 Å². The lowest BCUT2D eigenvalue weighted by Crippen LogP contribution is -2.31. The van der Waals surface area contributed by atoms with Gasteiger partial charge in [0.15, 0.2) is 11.8 Å². The van der Waals surface area contributed by atoms with Gasteiger partial charge in [-0.3, -0.25) is 4.98 Å². The Labute approximate surface area is 241 Å². The van der Waals surface area contributed by atoms with Gasteiger partial charge in [0.2, 0.25) is 0 Å². The van der Waals surface area contributed by atoms with Crippen molar-refractivity contribution in [2.45, 2.75) is 18.9 Å². The first-order valence-electron chi connectivity index (χ1n) is 11.3. The van der Waals surface area contributed by atoms with Crippen molar-refractivity contribution in [3.63, 3.8) is 0 Å². The molecule has 4 rings (SSSR count). The minimum absolute atomic E-state index is 0. The zero-order valence-electron chi connectivity index (χ0n) is 21.1. The van der Waals surface area contributed by atoms with E-state index in [-0.39, 0.29) is 43.2 Å². The number of pyridine rings is 1. The van der Waals surface area contributed by atoms with E-state index in [2.05, 4.69) is 15.3 Å². The van der Waals surface area contributed by atoms with Crippen molar-refractivity contribution >= 4 is 72.1 Å². The summed E-state index contributed by atoms with van der Waals surface area (Å²) in [4.78, 5) is 18.3. The Kier molecular flexibility index (Phi) is 12.8. The minimum atomic E-state index is -0.588. The van der Waals surface area contributed by atoms with Crippen LogP contribution in [0.3, 0.4) is 0 Å². The van der Waals surface area contributed by atoms with E-state index < -0.39 is 5.54 Å². The molecule has 38 heavy (non-hydrogen) atoms. The largest absolute Gasteiger partial charge is 0.497 e. The second kappa shape index (κ2) is 15.0. The number of hydrogen-bond acceptors (Lipinski definition) is 6. The third-order valence-electron chi connectivity index (χ3n) is 5.69. The highest BCUT2D eigenvalue weighted by Gasteiger charge is 2.26. The molecule has 4 aromatic rings. The molecule has 0 aliphatic heterocycles. The van der Waals surface area contributed by atoms with Gasteiger partial charge in [-0.1, -0.05) is 36.4 Å². The van der Waals surface area contributed by atoms with Gasteiger partial charge in [0, 0.05) is 18.1 Å². The van der Waals surface area contributed by atoms with Crippen LogP contribution in [0.2, 0.25) is 0 Å². The lowest BCUT2D eigenvalue weighted by Gasteiger charge is -2.26. The summed E-state index contributed by atoms with van der Waals surface area (Å²) in [5.41, 5.74) is 13.6. The molecule has 202 valence electrons. The van der Waals surface area contributed by atoms with Crippen molar-refractivity contribution in [2.24, 2.45) is 16.5 Å². The Morgan fingerprint density at radius 2 is 1.71 bits per heavy atom. The van der Waals surface area contributed by atoms with Crippen LogP contribution in [0, 0.1) is 0 Å².